The summed E-state index contributed by atoms with van der Waals surface area (Å²) >= 11 is 0. The Morgan fingerprint density at radius 2 is 0.521 bits per heavy atom. The molecule has 20 aromatic rings. The summed E-state index contributed by atoms with van der Waals surface area (Å²) in [7, 11) is 0. The van der Waals surface area contributed by atoms with E-state index in [1.807, 2.05) is 83.1 Å². The van der Waals surface area contributed by atoms with E-state index >= 15 is 0 Å². The maximum absolute atomic E-state index is 14.4. The smallest absolute Gasteiger partial charge is 0.407 e. The Bertz CT molecular complexity index is 8540. The van der Waals surface area contributed by atoms with Crippen molar-refractivity contribution < 1.29 is 42.9 Å². The molecular weight excluding hydrogens is 1460 g/mol. The number of carbonyl (C=O) groups is 4. The first-order valence-corrected chi connectivity index (χ1v) is 44.4. The highest BCUT2D eigenvalue weighted by atomic mass is 16.6. The SMILES string of the molecule is CC(C)(C)OC(=O)NC1CCN(C23C4=C5C6(N7CCC(NC(=O)OC(C)(C)C)CC7)c7c2c2c8c3c3c9c%10c%11c%12c%13c%14c%15c%16c%17c%18c(c6c6c7c7c2c2c%19c8c9c8c%11c9c%12c%11c%14c%17c%12c%14c%18c6c6c7c2c2c(c8%19)c9c(c%11%12)c2c%146)C%162OC52C2=C4C3(N3CCC(NC(=O)OC(C)(C)C)CC3)C%10C%13C2%15N2CCC(NC(=O)OC(C)(C)C)CC2)CC1. The van der Waals surface area contributed by atoms with E-state index < -0.39 is 55.8 Å². The van der Waals surface area contributed by atoms with Gasteiger partial charge in [0.05, 0.1) is 22.2 Å². The standard InChI is InChI=1S/C100H78N8O9/c1-91(2,3)113-87(109)101-29-13-21-105(22-14-29)95-73-63-53-43-38-33-34-36-37-35(33)40-46-44(38)54(53)64-66-56(46)58-48(40)50-42(37)52-51-41(36)49-47-39(34)45(43)55-57(47)67-69-59(49)61(51)71-72-62(52)60(50)70-68(58)78-76(66)96(74(64)73,106-23-15-30(16-24-106)102-88(110)114-92(4,5)6)84-83(95)85-97(77(67)75(95)65(55)63,107-25-17-31(18-26-107)103-89(111)115-93(7,8)9)79(69)81(71)99-82(72)80(70)98(78,86(84)100(85,99)117-99)108-27-19-32(20-28-108)104-90(112)116-94(10,11)12/h29-32,75,77H,13-28H2,1-12H3,(H,101,109)(H,102,110)(H,103,111)(H,104,112). The van der Waals surface area contributed by atoms with Crippen LogP contribution in [0.15, 0.2) is 22.3 Å². The number of likely N-dealkylation sites (tertiary alicyclic amines) is 4. The van der Waals surface area contributed by atoms with Gasteiger partial charge in [0.2, 0.25) is 0 Å². The van der Waals surface area contributed by atoms with Crippen LogP contribution < -0.4 is 21.3 Å². The Balaban J connectivity index is 0.769. The third-order valence-electron chi connectivity index (χ3n) is 36.1. The van der Waals surface area contributed by atoms with E-state index in [1.54, 1.807) is 180 Å². The largest absolute Gasteiger partial charge is 0.444 e. The van der Waals surface area contributed by atoms with Crippen molar-refractivity contribution in [1.82, 2.24) is 40.9 Å². The van der Waals surface area contributed by atoms with E-state index in [9.17, 15) is 23.9 Å². The first kappa shape index (κ1) is 59.7. The molecule has 0 saturated carbocycles. The molecule has 17 heteroatoms. The molecule has 4 N–H and O–H groups in total. The molecule has 0 radical (unpaired) electrons. The Kier molecular flexibility index (Phi) is 8.02. The predicted molar refractivity (Wildman–Crippen MR) is 454 cm³/mol. The molecule has 4 amide bonds. The maximum Gasteiger partial charge on any atom is 0.407 e. The Labute approximate surface area is 665 Å². The lowest BCUT2D eigenvalue weighted by Gasteiger charge is -2.66. The van der Waals surface area contributed by atoms with Gasteiger partial charge >= 0.3 is 24.4 Å². The number of rotatable bonds is 8. The molecule has 572 valence electrons. The minimum atomic E-state index is -0.982. The number of amides is 4. The Hall–Kier alpha value is -9.88. The number of benzene rings is 14. The van der Waals surface area contributed by atoms with E-state index in [4.69, 9.17) is 18.9 Å². The number of hydrogen-bond acceptors (Lipinski definition) is 13. The highest BCUT2D eigenvalue weighted by molar-refractivity contribution is 6.76. The second kappa shape index (κ2) is 15.7. The lowest BCUT2D eigenvalue weighted by Crippen LogP contribution is -2.68. The molecule has 117 heavy (non-hydrogen) atoms. The number of piperidine rings is 4. The quantitative estimate of drug-likeness (QED) is 0.0642. The molecule has 2 spiro atoms. The fourth-order valence-electron chi connectivity index (χ4n) is 34.9. The average Bonchev–Trinajstić information content (AvgIpc) is 1.35. The molecule has 12 aliphatic carbocycles. The Morgan fingerprint density at radius 3 is 0.872 bits per heavy atom. The van der Waals surface area contributed by atoms with Gasteiger partial charge < -0.3 is 45.0 Å². The monoisotopic (exact) mass is 1530 g/mol. The van der Waals surface area contributed by atoms with Crippen LogP contribution >= 0.6 is 0 Å². The van der Waals surface area contributed by atoms with Crippen molar-refractivity contribution in [3.05, 3.63) is 77.9 Å². The van der Waals surface area contributed by atoms with Gasteiger partial charge in [0.1, 0.15) is 22.4 Å². The molecule has 5 aliphatic heterocycles. The molecule has 5 heterocycles. The zero-order chi connectivity index (χ0) is 76.8. The lowest BCUT2D eigenvalue weighted by molar-refractivity contribution is -0.0199. The number of ether oxygens (including phenoxy) is 5. The highest BCUT2D eigenvalue weighted by Gasteiger charge is 2.97. The number of alkyl carbamates (subject to hydrolysis) is 4. The summed E-state index contributed by atoms with van der Waals surface area (Å²) in [6.07, 6.45) is 4.72. The molecule has 17 aliphatic rings. The normalized spacial score (nSPS) is 30.7. The summed E-state index contributed by atoms with van der Waals surface area (Å²) in [6, 6.07) is -0.409. The van der Waals surface area contributed by atoms with Crippen molar-refractivity contribution in [2.75, 3.05) is 52.4 Å². The van der Waals surface area contributed by atoms with Gasteiger partial charge in [-0.05, 0) is 395 Å². The summed E-state index contributed by atoms with van der Waals surface area (Å²) in [5.74, 6) is -0.104. The predicted octanol–water partition coefficient (Wildman–Crippen LogP) is 18.7. The second-order valence-corrected chi connectivity index (χ2v) is 44.6. The average molecular weight is 1540 g/mol. The molecule has 8 atom stereocenters. The fourth-order valence-corrected chi connectivity index (χ4v) is 34.9. The number of nitrogens with one attached hydrogen (secondary N) is 4. The van der Waals surface area contributed by atoms with Crippen molar-refractivity contribution in [3.8, 4) is 0 Å². The van der Waals surface area contributed by atoms with Crippen LogP contribution in [0.4, 0.5) is 19.2 Å². The fraction of sp³-hybridized carbons (Fsp3) is 0.440. The number of nitrogens with zero attached hydrogens (tertiary/aromatic N) is 4. The molecule has 5 fully saturated rings. The van der Waals surface area contributed by atoms with Crippen molar-refractivity contribution in [1.29, 1.82) is 0 Å². The summed E-state index contributed by atoms with van der Waals surface area (Å²) in [5.41, 5.74) is 14.2. The number of epoxide rings is 1. The second-order valence-electron chi connectivity index (χ2n) is 44.6. The van der Waals surface area contributed by atoms with Gasteiger partial charge in [-0.1, -0.05) is 0 Å². The molecule has 20 aromatic carbocycles. The van der Waals surface area contributed by atoms with E-state index in [0.717, 1.165) is 104 Å². The van der Waals surface area contributed by atoms with E-state index in [0.29, 0.717) is 0 Å². The van der Waals surface area contributed by atoms with Crippen LogP contribution in [-0.4, -0.2) is 149 Å². The number of carbonyl (C=O) groups excluding carboxylic acids is 4. The van der Waals surface area contributed by atoms with Gasteiger partial charge in [-0.25, -0.2) is 19.2 Å². The van der Waals surface area contributed by atoms with Gasteiger partial charge in [-0.15, -0.1) is 0 Å². The first-order chi connectivity index (χ1) is 56.2. The van der Waals surface area contributed by atoms with Crippen LogP contribution in [0.5, 0.6) is 0 Å². The van der Waals surface area contributed by atoms with E-state index in [1.165, 1.54) is 103 Å². The topological polar surface area (TPSA) is 179 Å². The van der Waals surface area contributed by atoms with Gasteiger partial charge in [-0.3, -0.25) is 19.6 Å². The van der Waals surface area contributed by atoms with E-state index in [-0.39, 0.29) is 60.4 Å². The Morgan fingerprint density at radius 1 is 0.274 bits per heavy atom. The van der Waals surface area contributed by atoms with Crippen molar-refractivity contribution in [2.45, 2.75) is 226 Å². The lowest BCUT2D eigenvalue weighted by atomic mass is 9.46. The third-order valence-corrected chi connectivity index (χ3v) is 36.1. The van der Waals surface area contributed by atoms with Crippen molar-refractivity contribution in [2.24, 2.45) is 0 Å². The molecule has 37 rings (SSSR count). The first-order valence-electron chi connectivity index (χ1n) is 44.4. The summed E-state index contributed by atoms with van der Waals surface area (Å²) in [4.78, 5) is 70.1. The molecule has 17 nitrogen and oxygen atoms in total. The molecular formula is C100H78N8O9. The van der Waals surface area contributed by atoms with Crippen LogP contribution in [0.1, 0.15) is 202 Å². The third kappa shape index (κ3) is 4.77. The highest BCUT2D eigenvalue weighted by Crippen LogP contribution is 2.98. The van der Waals surface area contributed by atoms with Crippen LogP contribution in [0, 0.1) is 0 Å². The molecule has 0 aromatic heterocycles. The van der Waals surface area contributed by atoms with Crippen LogP contribution in [0.3, 0.4) is 0 Å². The van der Waals surface area contributed by atoms with Gasteiger partial charge in [0, 0.05) is 111 Å². The molecule has 8 unspecified atom stereocenters. The van der Waals surface area contributed by atoms with Crippen molar-refractivity contribution in [3.63, 3.8) is 0 Å². The van der Waals surface area contributed by atoms with E-state index in [2.05, 4.69) is 40.9 Å². The van der Waals surface area contributed by atoms with Gasteiger partial charge in [-0.2, -0.15) is 0 Å². The summed E-state index contributed by atoms with van der Waals surface area (Å²) in [5, 5.41) is 72.7. The van der Waals surface area contributed by atoms with Crippen LogP contribution in [0.2, 0.25) is 0 Å². The molecule has 0 bridgehead atoms. The minimum absolute atomic E-state index is 0.0511. The number of hydrogen-bond donors (Lipinski definition) is 4. The zero-order valence-corrected chi connectivity index (χ0v) is 67.2. The van der Waals surface area contributed by atoms with Crippen molar-refractivity contribution >= 4 is 229 Å². The molecule has 5 saturated heterocycles. The minimum Gasteiger partial charge on any atom is -0.444 e. The van der Waals surface area contributed by atoms with Gasteiger partial charge in [0.25, 0.3) is 0 Å². The maximum atomic E-state index is 14.4. The summed E-state index contributed by atoms with van der Waals surface area (Å²) < 4.78 is 34.3. The van der Waals surface area contributed by atoms with Crippen LogP contribution in [-0.2, 0) is 51.4 Å². The van der Waals surface area contributed by atoms with Crippen LogP contribution in [0.25, 0.3) is 205 Å². The summed E-state index contributed by atoms with van der Waals surface area (Å²) in [6.45, 7) is 29.8. The van der Waals surface area contributed by atoms with Gasteiger partial charge in [0.15, 0.2) is 11.2 Å². The zero-order valence-electron chi connectivity index (χ0n) is 67.2.